The topological polar surface area (TPSA) is 29.5 Å². The van der Waals surface area contributed by atoms with Crippen LogP contribution in [0.4, 0.5) is 0 Å². The maximum absolute atomic E-state index is 10.3. The van der Waals surface area contributed by atoms with Crippen molar-refractivity contribution in [2.75, 3.05) is 7.11 Å². The van der Waals surface area contributed by atoms with Crippen molar-refractivity contribution in [3.8, 4) is 0 Å². The third-order valence-corrected chi connectivity index (χ3v) is 3.62. The first-order chi connectivity index (χ1) is 7.86. The van der Waals surface area contributed by atoms with Gasteiger partial charge >= 0.3 is 0 Å². The first kappa shape index (κ1) is 14.7. The first-order valence-corrected chi connectivity index (χ1v) is 6.60. The van der Waals surface area contributed by atoms with Crippen molar-refractivity contribution >= 4 is 15.9 Å². The van der Waals surface area contributed by atoms with Gasteiger partial charge in [0.1, 0.15) is 0 Å². The summed E-state index contributed by atoms with van der Waals surface area (Å²) in [6.45, 7) is 6.22. The van der Waals surface area contributed by atoms with Crippen LogP contribution in [0.2, 0.25) is 0 Å². The molecule has 2 unspecified atom stereocenters. The quantitative estimate of drug-likeness (QED) is 0.923. The second-order valence-electron chi connectivity index (χ2n) is 5.39. The van der Waals surface area contributed by atoms with Crippen LogP contribution >= 0.6 is 15.9 Å². The van der Waals surface area contributed by atoms with Gasteiger partial charge in [-0.05, 0) is 17.0 Å². The number of hydrogen-bond acceptors (Lipinski definition) is 2. The summed E-state index contributed by atoms with van der Waals surface area (Å²) in [5, 5.41) is 10.3. The molecular formula is C14H21BrO2. The molecule has 0 aromatic heterocycles. The van der Waals surface area contributed by atoms with Crippen molar-refractivity contribution in [3.05, 3.63) is 34.3 Å². The highest BCUT2D eigenvalue weighted by atomic mass is 79.9. The van der Waals surface area contributed by atoms with E-state index >= 15 is 0 Å². The minimum atomic E-state index is -0.501. The number of halogens is 1. The Balaban J connectivity index is 2.78. The predicted octanol–water partition coefficient (Wildman–Crippen LogP) is 3.41. The molecular weight excluding hydrogens is 280 g/mol. The monoisotopic (exact) mass is 300 g/mol. The Labute approximate surface area is 112 Å². The molecule has 2 atom stereocenters. The van der Waals surface area contributed by atoms with E-state index in [4.69, 9.17) is 4.74 Å². The Bertz CT molecular complexity index is 357. The molecule has 0 saturated carbocycles. The lowest BCUT2D eigenvalue weighted by Crippen LogP contribution is -2.40. The maximum Gasteiger partial charge on any atom is 0.0881 e. The fraction of sp³-hybridized carbons (Fsp3) is 0.571. The number of ether oxygens (including phenoxy) is 1. The van der Waals surface area contributed by atoms with Crippen molar-refractivity contribution in [1.82, 2.24) is 0 Å². The molecule has 0 fully saturated rings. The van der Waals surface area contributed by atoms with Crippen LogP contribution in [0, 0.1) is 5.41 Å². The molecule has 1 rings (SSSR count). The van der Waals surface area contributed by atoms with Gasteiger partial charge in [0.05, 0.1) is 12.2 Å². The number of benzene rings is 1. The summed E-state index contributed by atoms with van der Waals surface area (Å²) in [4.78, 5) is 0. The zero-order valence-corrected chi connectivity index (χ0v) is 12.5. The van der Waals surface area contributed by atoms with E-state index in [-0.39, 0.29) is 11.5 Å². The molecule has 1 aromatic carbocycles. The summed E-state index contributed by atoms with van der Waals surface area (Å²) in [5.74, 6) is 0. The largest absolute Gasteiger partial charge is 0.390 e. The van der Waals surface area contributed by atoms with E-state index in [0.29, 0.717) is 6.42 Å². The highest BCUT2D eigenvalue weighted by Crippen LogP contribution is 2.27. The lowest BCUT2D eigenvalue weighted by Gasteiger charge is -2.33. The summed E-state index contributed by atoms with van der Waals surface area (Å²) in [5.41, 5.74) is 1.03. The van der Waals surface area contributed by atoms with E-state index < -0.39 is 6.10 Å². The summed E-state index contributed by atoms with van der Waals surface area (Å²) >= 11 is 3.49. The van der Waals surface area contributed by atoms with Crippen molar-refractivity contribution in [3.63, 3.8) is 0 Å². The van der Waals surface area contributed by atoms with E-state index in [2.05, 4.69) is 36.7 Å². The minimum Gasteiger partial charge on any atom is -0.390 e. The molecule has 0 heterocycles. The predicted molar refractivity (Wildman–Crippen MR) is 74.1 cm³/mol. The smallest absolute Gasteiger partial charge is 0.0881 e. The molecule has 0 aliphatic carbocycles. The summed E-state index contributed by atoms with van der Waals surface area (Å²) < 4.78 is 6.45. The van der Waals surface area contributed by atoms with Crippen LogP contribution in [-0.4, -0.2) is 24.4 Å². The Morgan fingerprint density at radius 1 is 1.29 bits per heavy atom. The van der Waals surface area contributed by atoms with Gasteiger partial charge in [-0.25, -0.2) is 0 Å². The van der Waals surface area contributed by atoms with Gasteiger partial charge in [0.2, 0.25) is 0 Å². The van der Waals surface area contributed by atoms with Gasteiger partial charge in [0.25, 0.3) is 0 Å². The van der Waals surface area contributed by atoms with Crippen LogP contribution in [0.15, 0.2) is 28.7 Å². The van der Waals surface area contributed by atoms with Crippen molar-refractivity contribution in [1.29, 1.82) is 0 Å². The van der Waals surface area contributed by atoms with E-state index in [1.165, 1.54) is 0 Å². The van der Waals surface area contributed by atoms with Crippen LogP contribution in [0.3, 0.4) is 0 Å². The Hall–Kier alpha value is -0.380. The van der Waals surface area contributed by atoms with Gasteiger partial charge in [-0.1, -0.05) is 54.9 Å². The standard InChI is InChI=1S/C14H21BrO2/c1-14(2,3)13(17-4)12(16)9-10-7-5-6-8-11(10)15/h5-8,12-13,16H,9H2,1-4H3. The highest BCUT2D eigenvalue weighted by molar-refractivity contribution is 9.10. The fourth-order valence-electron chi connectivity index (χ4n) is 2.08. The summed E-state index contributed by atoms with van der Waals surface area (Å²) in [6, 6.07) is 7.95. The van der Waals surface area contributed by atoms with E-state index in [9.17, 15) is 5.11 Å². The lowest BCUT2D eigenvalue weighted by atomic mass is 9.84. The van der Waals surface area contributed by atoms with Gasteiger partial charge in [0.15, 0.2) is 0 Å². The molecule has 2 nitrogen and oxygen atoms in total. The molecule has 1 N–H and O–H groups in total. The van der Waals surface area contributed by atoms with Crippen molar-refractivity contribution < 1.29 is 9.84 Å². The molecule has 0 radical (unpaired) electrons. The van der Waals surface area contributed by atoms with Crippen LogP contribution in [-0.2, 0) is 11.2 Å². The molecule has 1 aromatic rings. The average Bonchev–Trinajstić information content (AvgIpc) is 2.20. The Morgan fingerprint density at radius 3 is 2.35 bits per heavy atom. The molecule has 0 aliphatic rings. The van der Waals surface area contributed by atoms with E-state index in [0.717, 1.165) is 10.0 Å². The fourth-order valence-corrected chi connectivity index (χ4v) is 2.53. The summed E-state index contributed by atoms with van der Waals surface area (Å²) in [6.07, 6.45) is -0.0784. The number of aliphatic hydroxyl groups is 1. The average molecular weight is 301 g/mol. The molecule has 17 heavy (non-hydrogen) atoms. The van der Waals surface area contributed by atoms with Crippen molar-refractivity contribution in [2.45, 2.75) is 39.4 Å². The zero-order valence-electron chi connectivity index (χ0n) is 10.9. The minimum absolute atomic E-state index is 0.0740. The van der Waals surface area contributed by atoms with Gasteiger partial charge in [-0.15, -0.1) is 0 Å². The number of hydrogen-bond donors (Lipinski definition) is 1. The molecule has 96 valence electrons. The Kier molecular flexibility index (Phi) is 5.17. The Morgan fingerprint density at radius 2 is 1.88 bits per heavy atom. The number of aliphatic hydroxyl groups excluding tert-OH is 1. The van der Waals surface area contributed by atoms with E-state index in [1.54, 1.807) is 7.11 Å². The molecule has 0 aliphatic heterocycles. The molecule has 3 heteroatoms. The van der Waals surface area contributed by atoms with Crippen LogP contribution in [0.1, 0.15) is 26.3 Å². The second kappa shape index (κ2) is 5.98. The first-order valence-electron chi connectivity index (χ1n) is 5.80. The molecule has 0 amide bonds. The van der Waals surface area contributed by atoms with Crippen LogP contribution < -0.4 is 0 Å². The van der Waals surface area contributed by atoms with Gasteiger partial charge in [-0.2, -0.15) is 0 Å². The maximum atomic E-state index is 10.3. The van der Waals surface area contributed by atoms with E-state index in [1.807, 2.05) is 24.3 Å². The lowest BCUT2D eigenvalue weighted by molar-refractivity contribution is -0.0699. The van der Waals surface area contributed by atoms with Crippen molar-refractivity contribution in [2.24, 2.45) is 5.41 Å². The van der Waals surface area contributed by atoms with Gasteiger partial charge in [0, 0.05) is 18.0 Å². The molecule has 0 bridgehead atoms. The third kappa shape index (κ3) is 4.09. The molecule has 0 saturated heterocycles. The summed E-state index contributed by atoms with van der Waals surface area (Å²) in [7, 11) is 1.65. The third-order valence-electron chi connectivity index (χ3n) is 2.84. The van der Waals surface area contributed by atoms with Gasteiger partial charge in [-0.3, -0.25) is 0 Å². The number of methoxy groups -OCH3 is 1. The molecule has 0 spiro atoms. The highest BCUT2D eigenvalue weighted by Gasteiger charge is 2.31. The number of rotatable bonds is 4. The second-order valence-corrected chi connectivity index (χ2v) is 6.24. The zero-order chi connectivity index (χ0) is 13.1. The SMILES string of the molecule is COC(C(O)Cc1ccccc1Br)C(C)(C)C. The van der Waals surface area contributed by atoms with Gasteiger partial charge < -0.3 is 9.84 Å². The van der Waals surface area contributed by atoms with Crippen LogP contribution in [0.5, 0.6) is 0 Å². The normalized spacial score (nSPS) is 15.6. The van der Waals surface area contributed by atoms with Crippen LogP contribution in [0.25, 0.3) is 0 Å².